The van der Waals surface area contributed by atoms with E-state index in [1.54, 1.807) is 4.90 Å². The highest BCUT2D eigenvalue weighted by Crippen LogP contribution is 2.30. The number of hydrogen-bond acceptors (Lipinski definition) is 2. The molecule has 1 fully saturated rings. The van der Waals surface area contributed by atoms with Crippen LogP contribution in [0.1, 0.15) is 24.3 Å². The van der Waals surface area contributed by atoms with Gasteiger partial charge in [-0.05, 0) is 24.3 Å². The van der Waals surface area contributed by atoms with E-state index < -0.39 is 5.92 Å². The van der Waals surface area contributed by atoms with Gasteiger partial charge in [0.1, 0.15) is 5.92 Å². The Bertz CT molecular complexity index is 442. The van der Waals surface area contributed by atoms with Crippen molar-refractivity contribution in [2.75, 3.05) is 13.6 Å². The summed E-state index contributed by atoms with van der Waals surface area (Å²) < 4.78 is 0. The predicted octanol–water partition coefficient (Wildman–Crippen LogP) is 1.92. The Balaban J connectivity index is 2.14. The maximum Gasteiger partial charge on any atom is 0.236 e. The van der Waals surface area contributed by atoms with E-state index in [4.69, 9.17) is 18.0 Å². The fourth-order valence-corrected chi connectivity index (χ4v) is 2.31. The van der Waals surface area contributed by atoms with Crippen molar-refractivity contribution in [1.29, 1.82) is 0 Å². The molecule has 1 aliphatic rings. The number of benzene rings is 1. The van der Waals surface area contributed by atoms with Gasteiger partial charge in [0.2, 0.25) is 5.91 Å². The molecule has 96 valence electrons. The SMILES string of the molecule is CN(CC1CC1)C(=O)C(C(N)=S)c1ccccc1. The van der Waals surface area contributed by atoms with Gasteiger partial charge in [-0.2, -0.15) is 0 Å². The Morgan fingerprint density at radius 3 is 2.56 bits per heavy atom. The van der Waals surface area contributed by atoms with Crippen molar-refractivity contribution in [3.63, 3.8) is 0 Å². The number of amides is 1. The second kappa shape index (κ2) is 5.48. The van der Waals surface area contributed by atoms with Crippen LogP contribution >= 0.6 is 12.2 Å². The number of rotatable bonds is 5. The lowest BCUT2D eigenvalue weighted by atomic mass is 9.97. The summed E-state index contributed by atoms with van der Waals surface area (Å²) in [4.78, 5) is 14.4. The summed E-state index contributed by atoms with van der Waals surface area (Å²) in [5.41, 5.74) is 6.61. The van der Waals surface area contributed by atoms with E-state index in [9.17, 15) is 4.79 Å². The first kappa shape index (κ1) is 13.0. The van der Waals surface area contributed by atoms with Crippen LogP contribution in [0.5, 0.6) is 0 Å². The normalized spacial score (nSPS) is 16.1. The van der Waals surface area contributed by atoms with E-state index in [1.807, 2.05) is 37.4 Å². The molecule has 0 bridgehead atoms. The van der Waals surface area contributed by atoms with Gasteiger partial charge in [-0.15, -0.1) is 0 Å². The summed E-state index contributed by atoms with van der Waals surface area (Å²) >= 11 is 5.05. The van der Waals surface area contributed by atoms with Gasteiger partial charge in [0.05, 0.1) is 4.99 Å². The monoisotopic (exact) mass is 262 g/mol. The number of hydrogen-bond donors (Lipinski definition) is 1. The van der Waals surface area contributed by atoms with Gasteiger partial charge in [0.15, 0.2) is 0 Å². The molecule has 0 saturated heterocycles. The largest absolute Gasteiger partial charge is 0.392 e. The minimum atomic E-state index is -0.495. The molecule has 4 heteroatoms. The van der Waals surface area contributed by atoms with Crippen LogP contribution in [0, 0.1) is 5.92 Å². The first-order chi connectivity index (χ1) is 8.59. The van der Waals surface area contributed by atoms with Gasteiger partial charge in [-0.1, -0.05) is 42.5 Å². The van der Waals surface area contributed by atoms with Crippen LogP contribution in [0.25, 0.3) is 0 Å². The zero-order valence-corrected chi connectivity index (χ0v) is 11.3. The molecular weight excluding hydrogens is 244 g/mol. The smallest absolute Gasteiger partial charge is 0.236 e. The second-order valence-electron chi connectivity index (χ2n) is 4.91. The highest BCUT2D eigenvalue weighted by Gasteiger charge is 2.30. The van der Waals surface area contributed by atoms with Gasteiger partial charge in [-0.25, -0.2) is 0 Å². The summed E-state index contributed by atoms with van der Waals surface area (Å²) in [7, 11) is 1.83. The summed E-state index contributed by atoms with van der Waals surface area (Å²) in [5.74, 6) is 0.173. The summed E-state index contributed by atoms with van der Waals surface area (Å²) in [6.45, 7) is 0.810. The molecule has 1 saturated carbocycles. The van der Waals surface area contributed by atoms with Gasteiger partial charge < -0.3 is 10.6 Å². The minimum absolute atomic E-state index is 0.000556. The molecule has 1 unspecified atom stereocenters. The Labute approximate surface area is 113 Å². The standard InChI is InChI=1S/C14H18N2OS/c1-16(9-10-7-8-10)14(17)12(13(15)18)11-5-3-2-4-6-11/h2-6,10,12H,7-9H2,1H3,(H2,15,18). The second-order valence-corrected chi connectivity index (χ2v) is 5.38. The third kappa shape index (κ3) is 3.07. The molecule has 1 aromatic rings. The molecule has 0 spiro atoms. The molecule has 0 aromatic heterocycles. The van der Waals surface area contributed by atoms with Crippen LogP contribution < -0.4 is 5.73 Å². The fraction of sp³-hybridized carbons (Fsp3) is 0.429. The van der Waals surface area contributed by atoms with Gasteiger partial charge in [0.25, 0.3) is 0 Å². The molecule has 0 aliphatic heterocycles. The van der Waals surface area contributed by atoms with Crippen LogP contribution in [0.3, 0.4) is 0 Å². The number of likely N-dealkylation sites (N-methyl/N-ethyl adjacent to an activating group) is 1. The van der Waals surface area contributed by atoms with E-state index in [1.165, 1.54) is 12.8 Å². The van der Waals surface area contributed by atoms with Gasteiger partial charge in [-0.3, -0.25) is 4.79 Å². The van der Waals surface area contributed by atoms with Crippen LogP contribution in [-0.4, -0.2) is 29.4 Å². The highest BCUT2D eigenvalue weighted by molar-refractivity contribution is 7.80. The third-order valence-electron chi connectivity index (χ3n) is 3.27. The van der Waals surface area contributed by atoms with Crippen molar-refractivity contribution < 1.29 is 4.79 Å². The van der Waals surface area contributed by atoms with Crippen LogP contribution in [0.15, 0.2) is 30.3 Å². The van der Waals surface area contributed by atoms with E-state index in [2.05, 4.69) is 0 Å². The molecule has 18 heavy (non-hydrogen) atoms. The van der Waals surface area contributed by atoms with E-state index in [0.29, 0.717) is 5.92 Å². The Morgan fingerprint density at radius 2 is 2.06 bits per heavy atom. The number of nitrogens with zero attached hydrogens (tertiary/aromatic N) is 1. The third-order valence-corrected chi connectivity index (χ3v) is 3.51. The van der Waals surface area contributed by atoms with Crippen LogP contribution in [-0.2, 0) is 4.79 Å². The molecule has 2 rings (SSSR count). The van der Waals surface area contributed by atoms with Crippen molar-refractivity contribution in [2.24, 2.45) is 11.7 Å². The molecule has 1 atom stereocenters. The van der Waals surface area contributed by atoms with Crippen LogP contribution in [0.4, 0.5) is 0 Å². The highest BCUT2D eigenvalue weighted by atomic mass is 32.1. The quantitative estimate of drug-likeness (QED) is 0.825. The van der Waals surface area contributed by atoms with Crippen molar-refractivity contribution in [2.45, 2.75) is 18.8 Å². The van der Waals surface area contributed by atoms with Gasteiger partial charge >= 0.3 is 0 Å². The van der Waals surface area contributed by atoms with Crippen molar-refractivity contribution in [3.8, 4) is 0 Å². The zero-order valence-electron chi connectivity index (χ0n) is 10.5. The summed E-state index contributed by atoms with van der Waals surface area (Å²) in [6.07, 6.45) is 2.45. The lowest BCUT2D eigenvalue weighted by Gasteiger charge is -2.23. The topological polar surface area (TPSA) is 46.3 Å². The number of carbonyl (C=O) groups is 1. The predicted molar refractivity (Wildman–Crippen MR) is 76.3 cm³/mol. The number of thiocarbonyl (C=S) groups is 1. The molecule has 1 amide bonds. The Morgan fingerprint density at radius 1 is 1.44 bits per heavy atom. The first-order valence-electron chi connectivity index (χ1n) is 6.19. The van der Waals surface area contributed by atoms with Crippen LogP contribution in [0.2, 0.25) is 0 Å². The Hall–Kier alpha value is -1.42. The van der Waals surface area contributed by atoms with Crippen molar-refractivity contribution in [1.82, 2.24) is 4.90 Å². The minimum Gasteiger partial charge on any atom is -0.392 e. The molecule has 1 aromatic carbocycles. The molecule has 0 radical (unpaired) electrons. The van der Waals surface area contributed by atoms with E-state index in [-0.39, 0.29) is 10.9 Å². The average molecular weight is 262 g/mol. The zero-order chi connectivity index (χ0) is 13.1. The first-order valence-corrected chi connectivity index (χ1v) is 6.59. The maximum atomic E-state index is 12.4. The number of carbonyl (C=O) groups excluding carboxylic acids is 1. The molecule has 2 N–H and O–H groups in total. The number of nitrogens with two attached hydrogens (primary N) is 1. The lowest BCUT2D eigenvalue weighted by molar-refractivity contribution is -0.130. The molecule has 1 aliphatic carbocycles. The molecule has 0 heterocycles. The summed E-state index contributed by atoms with van der Waals surface area (Å²) in [5, 5.41) is 0. The van der Waals surface area contributed by atoms with E-state index >= 15 is 0 Å². The molecule has 3 nitrogen and oxygen atoms in total. The lowest BCUT2D eigenvalue weighted by Crippen LogP contribution is -2.38. The van der Waals surface area contributed by atoms with Crippen molar-refractivity contribution >= 4 is 23.1 Å². The molecular formula is C14H18N2OS. The van der Waals surface area contributed by atoms with E-state index in [0.717, 1.165) is 12.1 Å². The maximum absolute atomic E-state index is 12.4. The van der Waals surface area contributed by atoms with Gasteiger partial charge in [0, 0.05) is 13.6 Å². The summed E-state index contributed by atoms with van der Waals surface area (Å²) in [6, 6.07) is 9.50. The Kier molecular flexibility index (Phi) is 3.97. The van der Waals surface area contributed by atoms with Crippen molar-refractivity contribution in [3.05, 3.63) is 35.9 Å². The fourth-order valence-electron chi connectivity index (χ4n) is 2.07. The average Bonchev–Trinajstić information content (AvgIpc) is 3.14.